The van der Waals surface area contributed by atoms with Gasteiger partial charge in [-0.05, 0) is 38.4 Å². The first-order valence-electron chi connectivity index (χ1n) is 9.31. The van der Waals surface area contributed by atoms with Crippen LogP contribution in [0.25, 0.3) is 0 Å². The van der Waals surface area contributed by atoms with Crippen molar-refractivity contribution >= 4 is 11.6 Å². The Morgan fingerprint density at radius 3 is 2.76 bits per heavy atom. The Balaban J connectivity index is 1.50. The molecule has 1 saturated heterocycles. The maximum Gasteiger partial charge on any atom is 0.227 e. The van der Waals surface area contributed by atoms with E-state index >= 15 is 0 Å². The number of nitrogens with one attached hydrogen (secondary N) is 1. The van der Waals surface area contributed by atoms with Gasteiger partial charge in [0.2, 0.25) is 5.91 Å². The molecule has 1 aliphatic heterocycles. The van der Waals surface area contributed by atoms with Crippen LogP contribution in [0, 0.1) is 5.92 Å². The van der Waals surface area contributed by atoms with Crippen LogP contribution in [0.1, 0.15) is 19.3 Å². The summed E-state index contributed by atoms with van der Waals surface area (Å²) in [6.07, 6.45) is 7.00. The van der Waals surface area contributed by atoms with E-state index in [9.17, 15) is 4.79 Å². The Hall–Kier alpha value is -1.85. The van der Waals surface area contributed by atoms with Gasteiger partial charge in [-0.25, -0.2) is 0 Å². The van der Waals surface area contributed by atoms with E-state index in [1.165, 1.54) is 0 Å². The Morgan fingerprint density at radius 1 is 1.20 bits per heavy atom. The van der Waals surface area contributed by atoms with Gasteiger partial charge in [-0.1, -0.05) is 24.3 Å². The van der Waals surface area contributed by atoms with Crippen molar-refractivity contribution in [2.75, 3.05) is 51.7 Å². The van der Waals surface area contributed by atoms with E-state index in [1.54, 1.807) is 0 Å². The number of anilines is 1. The zero-order valence-electron chi connectivity index (χ0n) is 15.1. The lowest BCUT2D eigenvalue weighted by Crippen LogP contribution is -2.45. The quantitative estimate of drug-likeness (QED) is 0.807. The zero-order chi connectivity index (χ0) is 17.5. The molecule has 3 rings (SSSR count). The monoisotopic (exact) mass is 343 g/mol. The van der Waals surface area contributed by atoms with E-state index < -0.39 is 0 Å². The second kappa shape index (κ2) is 9.02. The van der Waals surface area contributed by atoms with Crippen LogP contribution in [-0.2, 0) is 4.79 Å². The molecule has 0 unspecified atom stereocenters. The Morgan fingerprint density at radius 2 is 2.00 bits per heavy atom. The summed E-state index contributed by atoms with van der Waals surface area (Å²) in [5.41, 5.74) is 0.778. The lowest BCUT2D eigenvalue weighted by atomic mass is 9.93. The van der Waals surface area contributed by atoms with E-state index in [-0.39, 0.29) is 11.8 Å². The van der Waals surface area contributed by atoms with Crippen LogP contribution in [0.4, 0.5) is 5.69 Å². The number of nitrogens with zero attached hydrogens (tertiary/aromatic N) is 2. The number of carbonyl (C=O) groups is 1. The number of allylic oxidation sites excluding steroid dienone is 2. The number of rotatable bonds is 6. The Kier molecular flexibility index (Phi) is 6.48. The highest BCUT2D eigenvalue weighted by atomic mass is 16.5. The minimum Gasteiger partial charge on any atom is -0.490 e. The molecule has 1 aromatic rings. The third-order valence-corrected chi connectivity index (χ3v) is 5.05. The molecule has 0 bridgehead atoms. The number of para-hydroxylation sites is 2. The van der Waals surface area contributed by atoms with Crippen LogP contribution in [0.2, 0.25) is 0 Å². The molecule has 2 aliphatic rings. The summed E-state index contributed by atoms with van der Waals surface area (Å²) < 4.78 is 5.97. The molecule has 5 nitrogen and oxygen atoms in total. The Bertz CT molecular complexity index is 594. The summed E-state index contributed by atoms with van der Waals surface area (Å²) in [4.78, 5) is 17.2. The van der Waals surface area contributed by atoms with Crippen molar-refractivity contribution in [3.05, 3.63) is 36.4 Å². The van der Waals surface area contributed by atoms with Crippen molar-refractivity contribution in [2.45, 2.75) is 19.3 Å². The molecule has 1 aromatic carbocycles. The second-order valence-corrected chi connectivity index (χ2v) is 6.96. The summed E-state index contributed by atoms with van der Waals surface area (Å²) in [5, 5.41) is 3.06. The molecule has 5 heteroatoms. The lowest BCUT2D eigenvalue weighted by molar-refractivity contribution is -0.120. The van der Waals surface area contributed by atoms with Crippen molar-refractivity contribution in [3.63, 3.8) is 0 Å². The van der Waals surface area contributed by atoms with Crippen LogP contribution < -0.4 is 10.1 Å². The third kappa shape index (κ3) is 5.31. The lowest BCUT2D eigenvalue weighted by Gasteiger charge is -2.32. The number of hydrogen-bond donors (Lipinski definition) is 1. The predicted octanol–water partition coefficient (Wildman–Crippen LogP) is 2.61. The van der Waals surface area contributed by atoms with Crippen molar-refractivity contribution in [2.24, 2.45) is 5.92 Å². The van der Waals surface area contributed by atoms with E-state index in [0.29, 0.717) is 6.61 Å². The van der Waals surface area contributed by atoms with Gasteiger partial charge in [0, 0.05) is 38.6 Å². The van der Waals surface area contributed by atoms with E-state index in [4.69, 9.17) is 4.74 Å². The molecule has 136 valence electrons. The molecule has 1 heterocycles. The van der Waals surface area contributed by atoms with E-state index in [1.807, 2.05) is 24.3 Å². The minimum absolute atomic E-state index is 0.0726. The molecule has 1 N–H and O–H groups in total. The van der Waals surface area contributed by atoms with Crippen molar-refractivity contribution in [1.82, 2.24) is 9.80 Å². The first kappa shape index (κ1) is 18.0. The molecule has 0 saturated carbocycles. The number of likely N-dealkylation sites (N-methyl/N-ethyl adjacent to an activating group) is 1. The fraction of sp³-hybridized carbons (Fsp3) is 0.550. The van der Waals surface area contributed by atoms with Gasteiger partial charge in [0.25, 0.3) is 0 Å². The standard InChI is InChI=1S/C20H29N3O2/c1-22-11-13-23(14-12-22)15-16-25-19-10-6-5-9-18(19)21-20(24)17-7-3-2-4-8-17/h2-3,5-6,9-10,17H,4,7-8,11-16H2,1H3,(H,21,24)/t17-/m1/s1. The molecular weight excluding hydrogens is 314 g/mol. The second-order valence-electron chi connectivity index (χ2n) is 6.96. The fourth-order valence-electron chi connectivity index (χ4n) is 3.32. The average molecular weight is 343 g/mol. The molecule has 1 atom stereocenters. The molecule has 1 amide bonds. The van der Waals surface area contributed by atoms with Crippen LogP contribution >= 0.6 is 0 Å². The van der Waals surface area contributed by atoms with Gasteiger partial charge in [0.05, 0.1) is 5.69 Å². The third-order valence-electron chi connectivity index (χ3n) is 5.05. The van der Waals surface area contributed by atoms with Gasteiger partial charge >= 0.3 is 0 Å². The molecule has 1 fully saturated rings. The molecular formula is C20H29N3O2. The first-order chi connectivity index (χ1) is 12.2. The largest absolute Gasteiger partial charge is 0.490 e. The SMILES string of the molecule is CN1CCN(CCOc2ccccc2NC(=O)[C@@H]2CC=CCC2)CC1. The summed E-state index contributed by atoms with van der Waals surface area (Å²) in [6, 6.07) is 7.73. The highest BCUT2D eigenvalue weighted by Crippen LogP contribution is 2.26. The van der Waals surface area contributed by atoms with Gasteiger partial charge < -0.3 is 15.0 Å². The highest BCUT2D eigenvalue weighted by Gasteiger charge is 2.20. The van der Waals surface area contributed by atoms with Crippen molar-refractivity contribution < 1.29 is 9.53 Å². The van der Waals surface area contributed by atoms with Crippen LogP contribution in [-0.4, -0.2) is 62.1 Å². The van der Waals surface area contributed by atoms with Gasteiger partial charge in [0.15, 0.2) is 0 Å². The average Bonchev–Trinajstić information content (AvgIpc) is 2.65. The molecule has 0 aromatic heterocycles. The highest BCUT2D eigenvalue weighted by molar-refractivity contribution is 5.94. The van der Waals surface area contributed by atoms with Crippen molar-refractivity contribution in [3.8, 4) is 5.75 Å². The number of carbonyl (C=O) groups excluding carboxylic acids is 1. The maximum absolute atomic E-state index is 12.5. The van der Waals surface area contributed by atoms with Gasteiger partial charge in [-0.15, -0.1) is 0 Å². The van der Waals surface area contributed by atoms with Crippen LogP contribution in [0.3, 0.4) is 0 Å². The minimum atomic E-state index is 0.0726. The number of benzene rings is 1. The molecule has 25 heavy (non-hydrogen) atoms. The number of ether oxygens (including phenoxy) is 1. The fourth-order valence-corrected chi connectivity index (χ4v) is 3.32. The van der Waals surface area contributed by atoms with Gasteiger partial charge in [-0.3, -0.25) is 9.69 Å². The van der Waals surface area contributed by atoms with Crippen molar-refractivity contribution in [1.29, 1.82) is 0 Å². The normalized spacial score (nSPS) is 21.9. The Labute approximate surface area is 150 Å². The summed E-state index contributed by atoms with van der Waals surface area (Å²) >= 11 is 0. The van der Waals surface area contributed by atoms with E-state index in [0.717, 1.165) is 63.4 Å². The maximum atomic E-state index is 12.5. The molecule has 1 aliphatic carbocycles. The van der Waals surface area contributed by atoms with Crippen LogP contribution in [0.15, 0.2) is 36.4 Å². The summed E-state index contributed by atoms with van der Waals surface area (Å²) in [5.74, 6) is 0.930. The van der Waals surface area contributed by atoms with Crippen LogP contribution in [0.5, 0.6) is 5.75 Å². The molecule has 0 radical (unpaired) electrons. The predicted molar refractivity (Wildman–Crippen MR) is 101 cm³/mol. The number of hydrogen-bond acceptors (Lipinski definition) is 4. The van der Waals surface area contributed by atoms with E-state index in [2.05, 4.69) is 34.3 Å². The smallest absolute Gasteiger partial charge is 0.227 e. The summed E-state index contributed by atoms with van der Waals surface area (Å²) in [7, 11) is 2.16. The molecule has 0 spiro atoms. The summed E-state index contributed by atoms with van der Waals surface area (Å²) in [6.45, 7) is 5.97. The number of piperazine rings is 1. The topological polar surface area (TPSA) is 44.8 Å². The zero-order valence-corrected chi connectivity index (χ0v) is 15.1. The van der Waals surface area contributed by atoms with Gasteiger partial charge in [-0.2, -0.15) is 0 Å². The first-order valence-corrected chi connectivity index (χ1v) is 9.31. The number of amides is 1. The van der Waals surface area contributed by atoms with Gasteiger partial charge in [0.1, 0.15) is 12.4 Å².